The number of hydrogen-bond acceptors (Lipinski definition) is 2. The Morgan fingerprint density at radius 3 is 2.69 bits per heavy atom. The molecule has 1 N–H and O–H groups in total. The summed E-state index contributed by atoms with van der Waals surface area (Å²) in [6.45, 7) is 0.393. The van der Waals surface area contributed by atoms with Crippen LogP contribution in [0.3, 0.4) is 0 Å². The molecule has 0 spiro atoms. The molecule has 1 aromatic carbocycles. The van der Waals surface area contributed by atoms with E-state index in [2.05, 4.69) is 0 Å². The van der Waals surface area contributed by atoms with Gasteiger partial charge in [-0.15, -0.1) is 0 Å². The fourth-order valence-corrected chi connectivity index (χ4v) is 0.825. The first-order valence-corrected chi connectivity index (χ1v) is 3.84. The second kappa shape index (κ2) is 4.98. The summed E-state index contributed by atoms with van der Waals surface area (Å²) < 4.78 is 4.97. The third-order valence-corrected chi connectivity index (χ3v) is 1.40. The highest BCUT2D eigenvalue weighted by Crippen LogP contribution is 2.00. The molecule has 1 aromatic rings. The predicted octanol–water partition coefficient (Wildman–Crippen LogP) is 1.80. The van der Waals surface area contributed by atoms with E-state index in [1.807, 2.05) is 30.3 Å². The van der Waals surface area contributed by atoms with Crippen molar-refractivity contribution in [3.8, 4) is 0 Å². The molecular weight excluding hydrogens is 168 g/mol. The Labute approximate surface area is 76.3 Å². The Morgan fingerprint density at radius 1 is 1.38 bits per heavy atom. The van der Waals surface area contributed by atoms with E-state index in [1.54, 1.807) is 0 Å². The number of carboxylic acid groups (broad SMARTS) is 1. The van der Waals surface area contributed by atoms with Crippen LogP contribution in [0.4, 0.5) is 0 Å². The molecule has 1 rings (SSSR count). The summed E-state index contributed by atoms with van der Waals surface area (Å²) in [5.74, 6) is -1.01. The van der Waals surface area contributed by atoms with E-state index in [9.17, 15) is 4.79 Å². The molecule has 0 aliphatic rings. The molecule has 0 aliphatic heterocycles. The van der Waals surface area contributed by atoms with Crippen molar-refractivity contribution in [1.29, 1.82) is 0 Å². The van der Waals surface area contributed by atoms with Gasteiger partial charge in [0.05, 0.1) is 12.3 Å². The fraction of sp³-hybridized carbons (Fsp3) is 0.100. The number of aliphatic carboxylic acids is 1. The predicted molar refractivity (Wildman–Crippen MR) is 48.0 cm³/mol. The molecule has 3 nitrogen and oxygen atoms in total. The standard InChI is InChI=1S/C10H10O3/c11-10(12)6-7-13-8-9-4-2-1-3-5-9/h1-7H,8H2,(H,11,12). The van der Waals surface area contributed by atoms with Gasteiger partial charge in [0.1, 0.15) is 6.61 Å². The lowest BCUT2D eigenvalue weighted by Crippen LogP contribution is -1.89. The normalized spacial score (nSPS) is 10.2. The van der Waals surface area contributed by atoms with Crippen LogP contribution < -0.4 is 0 Å². The molecule has 3 heteroatoms. The van der Waals surface area contributed by atoms with Gasteiger partial charge < -0.3 is 9.84 Å². The largest absolute Gasteiger partial charge is 0.496 e. The highest BCUT2D eigenvalue weighted by atomic mass is 16.5. The van der Waals surface area contributed by atoms with Gasteiger partial charge in [0, 0.05) is 0 Å². The second-order valence-corrected chi connectivity index (χ2v) is 2.44. The summed E-state index contributed by atoms with van der Waals surface area (Å²) in [7, 11) is 0. The maximum absolute atomic E-state index is 10.0. The van der Waals surface area contributed by atoms with E-state index >= 15 is 0 Å². The van der Waals surface area contributed by atoms with Crippen LogP contribution >= 0.6 is 0 Å². The third-order valence-electron chi connectivity index (χ3n) is 1.40. The first kappa shape index (κ1) is 9.32. The van der Waals surface area contributed by atoms with E-state index < -0.39 is 5.97 Å². The van der Waals surface area contributed by atoms with Crippen molar-refractivity contribution >= 4 is 5.97 Å². The summed E-state index contributed by atoms with van der Waals surface area (Å²) in [5.41, 5.74) is 1.01. The smallest absolute Gasteiger partial charge is 0.331 e. The van der Waals surface area contributed by atoms with E-state index in [-0.39, 0.29) is 0 Å². The Hall–Kier alpha value is -1.77. The summed E-state index contributed by atoms with van der Waals surface area (Å²) in [6, 6.07) is 9.54. The Morgan fingerprint density at radius 2 is 2.08 bits per heavy atom. The SMILES string of the molecule is O=C(O)C=COCc1ccccc1. The lowest BCUT2D eigenvalue weighted by atomic mass is 10.2. The van der Waals surface area contributed by atoms with Crippen molar-refractivity contribution in [3.63, 3.8) is 0 Å². The molecule has 13 heavy (non-hydrogen) atoms. The molecular formula is C10H10O3. The van der Waals surface area contributed by atoms with Crippen molar-refractivity contribution < 1.29 is 14.6 Å². The minimum Gasteiger partial charge on any atom is -0.496 e. The number of carboxylic acids is 1. The zero-order chi connectivity index (χ0) is 9.52. The molecule has 0 atom stereocenters. The molecule has 0 aromatic heterocycles. The minimum atomic E-state index is -1.01. The second-order valence-electron chi connectivity index (χ2n) is 2.44. The van der Waals surface area contributed by atoms with Gasteiger partial charge in [0.25, 0.3) is 0 Å². The molecule has 0 aliphatic carbocycles. The Kier molecular flexibility index (Phi) is 3.57. The molecule has 0 unspecified atom stereocenters. The molecule has 0 saturated carbocycles. The number of rotatable bonds is 4. The number of hydrogen-bond donors (Lipinski definition) is 1. The van der Waals surface area contributed by atoms with Crippen LogP contribution in [0.2, 0.25) is 0 Å². The van der Waals surface area contributed by atoms with Crippen LogP contribution in [-0.2, 0) is 16.1 Å². The van der Waals surface area contributed by atoms with Gasteiger partial charge in [-0.2, -0.15) is 0 Å². The van der Waals surface area contributed by atoms with E-state index in [0.717, 1.165) is 11.6 Å². The first-order valence-electron chi connectivity index (χ1n) is 3.84. The highest BCUT2D eigenvalue weighted by molar-refractivity contribution is 5.79. The Bertz CT molecular complexity index is 290. The maximum Gasteiger partial charge on any atom is 0.331 e. The van der Waals surface area contributed by atoms with Crippen molar-refractivity contribution in [3.05, 3.63) is 48.2 Å². The van der Waals surface area contributed by atoms with Crippen molar-refractivity contribution in [2.75, 3.05) is 0 Å². The topological polar surface area (TPSA) is 46.5 Å². The summed E-state index contributed by atoms with van der Waals surface area (Å²) in [6.07, 6.45) is 2.14. The molecule has 68 valence electrons. The first-order chi connectivity index (χ1) is 6.29. The zero-order valence-electron chi connectivity index (χ0n) is 7.01. The molecule has 0 saturated heterocycles. The van der Waals surface area contributed by atoms with Crippen molar-refractivity contribution in [2.24, 2.45) is 0 Å². The molecule has 0 bridgehead atoms. The monoisotopic (exact) mass is 178 g/mol. The van der Waals surface area contributed by atoms with Crippen LogP contribution in [0.1, 0.15) is 5.56 Å². The number of benzene rings is 1. The van der Waals surface area contributed by atoms with Gasteiger partial charge in [0.15, 0.2) is 0 Å². The van der Waals surface area contributed by atoms with Crippen LogP contribution in [0.25, 0.3) is 0 Å². The Balaban J connectivity index is 2.32. The molecule has 0 heterocycles. The zero-order valence-corrected chi connectivity index (χ0v) is 7.01. The van der Waals surface area contributed by atoms with Gasteiger partial charge in [-0.1, -0.05) is 30.3 Å². The van der Waals surface area contributed by atoms with E-state index in [1.165, 1.54) is 6.26 Å². The lowest BCUT2D eigenvalue weighted by molar-refractivity contribution is -0.131. The quantitative estimate of drug-likeness (QED) is 0.565. The molecule has 0 radical (unpaired) electrons. The summed E-state index contributed by atoms with van der Waals surface area (Å²) in [4.78, 5) is 10.0. The van der Waals surface area contributed by atoms with Gasteiger partial charge in [0.2, 0.25) is 0 Å². The lowest BCUT2D eigenvalue weighted by Gasteiger charge is -1.98. The van der Waals surface area contributed by atoms with E-state index in [0.29, 0.717) is 6.61 Å². The van der Waals surface area contributed by atoms with Gasteiger partial charge in [-0.05, 0) is 5.56 Å². The minimum absolute atomic E-state index is 0.393. The van der Waals surface area contributed by atoms with Gasteiger partial charge in [-0.25, -0.2) is 4.79 Å². The summed E-state index contributed by atoms with van der Waals surface area (Å²) >= 11 is 0. The third kappa shape index (κ3) is 3.96. The average molecular weight is 178 g/mol. The number of carbonyl (C=O) groups is 1. The van der Waals surface area contributed by atoms with Gasteiger partial charge >= 0.3 is 5.97 Å². The van der Waals surface area contributed by atoms with Crippen LogP contribution in [-0.4, -0.2) is 11.1 Å². The highest BCUT2D eigenvalue weighted by Gasteiger charge is 1.89. The number of ether oxygens (including phenoxy) is 1. The van der Waals surface area contributed by atoms with Gasteiger partial charge in [-0.3, -0.25) is 0 Å². The molecule has 0 fully saturated rings. The molecule has 0 amide bonds. The maximum atomic E-state index is 10.0. The fourth-order valence-electron chi connectivity index (χ4n) is 0.825. The van der Waals surface area contributed by atoms with Crippen molar-refractivity contribution in [1.82, 2.24) is 0 Å². The van der Waals surface area contributed by atoms with Crippen LogP contribution in [0, 0.1) is 0 Å². The van der Waals surface area contributed by atoms with Crippen LogP contribution in [0.15, 0.2) is 42.7 Å². The summed E-state index contributed by atoms with van der Waals surface area (Å²) in [5, 5.41) is 8.24. The van der Waals surface area contributed by atoms with E-state index in [4.69, 9.17) is 9.84 Å². The average Bonchev–Trinajstić information content (AvgIpc) is 2.14. The van der Waals surface area contributed by atoms with Crippen LogP contribution in [0.5, 0.6) is 0 Å². The van der Waals surface area contributed by atoms with Crippen molar-refractivity contribution in [2.45, 2.75) is 6.61 Å².